The van der Waals surface area contributed by atoms with Crippen LogP contribution in [0.4, 0.5) is 13.2 Å². The number of para-hydroxylation sites is 1. The first kappa shape index (κ1) is 16.1. The number of nitrogens with zero attached hydrogens (tertiary/aromatic N) is 1. The van der Waals surface area contributed by atoms with E-state index < -0.39 is 25.2 Å². The Morgan fingerprint density at radius 1 is 1.40 bits per heavy atom. The number of hydrogen-bond acceptors (Lipinski definition) is 4. The van der Waals surface area contributed by atoms with Crippen molar-refractivity contribution in [3.8, 4) is 11.5 Å². The molecule has 0 spiro atoms. The van der Waals surface area contributed by atoms with Gasteiger partial charge in [0.15, 0.2) is 11.5 Å². The number of benzene rings is 1. The number of carbonyl (C=O) groups is 1. The number of phenolic OH excluding ortho intramolecular Hbond substituents is 1. The predicted molar refractivity (Wildman–Crippen MR) is 63.6 cm³/mol. The number of halogens is 3. The average Bonchev–Trinajstić information content (AvgIpc) is 2.28. The summed E-state index contributed by atoms with van der Waals surface area (Å²) in [6.45, 7) is -2.51. The smallest absolute Gasteiger partial charge is 0.401 e. The fourth-order valence-electron chi connectivity index (χ4n) is 1.71. The summed E-state index contributed by atoms with van der Waals surface area (Å²) in [6, 6.07) is 4.35. The molecular formula is C12H14F3NO4. The molecule has 0 fully saturated rings. The lowest BCUT2D eigenvalue weighted by Gasteiger charge is -2.22. The van der Waals surface area contributed by atoms with Gasteiger partial charge >= 0.3 is 12.1 Å². The molecule has 20 heavy (non-hydrogen) atoms. The second-order valence-corrected chi connectivity index (χ2v) is 4.12. The number of aliphatic carboxylic acids is 1. The molecule has 8 heteroatoms. The highest BCUT2D eigenvalue weighted by Gasteiger charge is 2.32. The van der Waals surface area contributed by atoms with E-state index in [-0.39, 0.29) is 23.6 Å². The minimum Gasteiger partial charge on any atom is -0.504 e. The Morgan fingerprint density at radius 2 is 2.05 bits per heavy atom. The van der Waals surface area contributed by atoms with Crippen LogP contribution in [-0.4, -0.2) is 47.5 Å². The largest absolute Gasteiger partial charge is 0.504 e. The van der Waals surface area contributed by atoms with Crippen LogP contribution in [0.2, 0.25) is 0 Å². The molecule has 0 unspecified atom stereocenters. The van der Waals surface area contributed by atoms with E-state index >= 15 is 0 Å². The van der Waals surface area contributed by atoms with Crippen LogP contribution in [0, 0.1) is 0 Å². The Morgan fingerprint density at radius 3 is 2.55 bits per heavy atom. The summed E-state index contributed by atoms with van der Waals surface area (Å²) < 4.78 is 42.0. The van der Waals surface area contributed by atoms with Crippen molar-refractivity contribution in [2.45, 2.75) is 12.7 Å². The SMILES string of the molecule is COc1cccc(CN(CC(=O)O)CC(F)(F)F)c1O. The van der Waals surface area contributed by atoms with Crippen molar-refractivity contribution >= 4 is 5.97 Å². The quantitative estimate of drug-likeness (QED) is 0.837. The highest BCUT2D eigenvalue weighted by Crippen LogP contribution is 2.30. The van der Waals surface area contributed by atoms with Crippen molar-refractivity contribution in [2.24, 2.45) is 0 Å². The zero-order chi connectivity index (χ0) is 15.3. The normalized spacial score (nSPS) is 11.7. The predicted octanol–water partition coefficient (Wildman–Crippen LogP) is 1.85. The summed E-state index contributed by atoms with van der Waals surface area (Å²) in [6.07, 6.45) is -4.52. The van der Waals surface area contributed by atoms with Gasteiger partial charge in [-0.15, -0.1) is 0 Å². The lowest BCUT2D eigenvalue weighted by molar-refractivity contribution is -0.154. The van der Waals surface area contributed by atoms with Gasteiger partial charge in [-0.05, 0) is 6.07 Å². The molecule has 1 aromatic carbocycles. The Labute approximate surface area is 113 Å². The fraction of sp³-hybridized carbons (Fsp3) is 0.417. The van der Waals surface area contributed by atoms with Crippen molar-refractivity contribution in [2.75, 3.05) is 20.2 Å². The van der Waals surface area contributed by atoms with Gasteiger partial charge in [-0.1, -0.05) is 12.1 Å². The Kier molecular flexibility index (Phi) is 5.20. The van der Waals surface area contributed by atoms with Crippen LogP contribution < -0.4 is 4.74 Å². The van der Waals surface area contributed by atoms with Crippen LogP contribution in [0.3, 0.4) is 0 Å². The van der Waals surface area contributed by atoms with Crippen molar-refractivity contribution in [1.82, 2.24) is 4.90 Å². The molecule has 5 nitrogen and oxygen atoms in total. The molecule has 0 aromatic heterocycles. The first-order valence-electron chi connectivity index (χ1n) is 5.58. The van der Waals surface area contributed by atoms with Crippen LogP contribution in [0.5, 0.6) is 11.5 Å². The van der Waals surface area contributed by atoms with Gasteiger partial charge in [-0.3, -0.25) is 9.69 Å². The molecule has 1 aromatic rings. The van der Waals surface area contributed by atoms with Crippen LogP contribution >= 0.6 is 0 Å². The molecule has 0 aliphatic heterocycles. The lowest BCUT2D eigenvalue weighted by Crippen LogP contribution is -2.37. The van der Waals surface area contributed by atoms with Crippen molar-refractivity contribution in [1.29, 1.82) is 0 Å². The molecule has 0 saturated heterocycles. The molecule has 0 atom stereocenters. The first-order chi connectivity index (χ1) is 9.23. The monoisotopic (exact) mass is 293 g/mol. The molecule has 112 valence electrons. The topological polar surface area (TPSA) is 70.0 Å². The molecule has 1 rings (SSSR count). The van der Waals surface area contributed by atoms with Gasteiger partial charge < -0.3 is 14.9 Å². The molecule has 2 N–H and O–H groups in total. The third-order valence-corrected chi connectivity index (χ3v) is 2.46. The molecule has 0 heterocycles. The molecule has 0 aliphatic carbocycles. The minimum absolute atomic E-state index is 0.116. The third kappa shape index (κ3) is 4.96. The number of carboxylic acid groups (broad SMARTS) is 1. The Hall–Kier alpha value is -1.96. The van der Waals surface area contributed by atoms with E-state index in [4.69, 9.17) is 9.84 Å². The fourth-order valence-corrected chi connectivity index (χ4v) is 1.71. The van der Waals surface area contributed by atoms with Gasteiger partial charge in [-0.25, -0.2) is 0 Å². The van der Waals surface area contributed by atoms with Gasteiger partial charge in [0, 0.05) is 12.1 Å². The van der Waals surface area contributed by atoms with Crippen molar-refractivity contribution in [3.05, 3.63) is 23.8 Å². The summed E-state index contributed by atoms with van der Waals surface area (Å²) in [7, 11) is 1.31. The summed E-state index contributed by atoms with van der Waals surface area (Å²) in [5.74, 6) is -1.56. The number of carboxylic acids is 1. The number of rotatable bonds is 6. The summed E-state index contributed by atoms with van der Waals surface area (Å²) in [5.41, 5.74) is 0.162. The van der Waals surface area contributed by atoms with E-state index in [1.165, 1.54) is 25.3 Å². The second-order valence-electron chi connectivity index (χ2n) is 4.12. The van der Waals surface area contributed by atoms with Crippen LogP contribution in [0.25, 0.3) is 0 Å². The zero-order valence-corrected chi connectivity index (χ0v) is 10.6. The first-order valence-corrected chi connectivity index (χ1v) is 5.58. The number of methoxy groups -OCH3 is 1. The number of phenols is 1. The van der Waals surface area contributed by atoms with E-state index in [1.54, 1.807) is 0 Å². The van der Waals surface area contributed by atoms with E-state index in [0.29, 0.717) is 4.90 Å². The van der Waals surface area contributed by atoms with Crippen molar-refractivity contribution < 1.29 is 32.9 Å². The average molecular weight is 293 g/mol. The minimum atomic E-state index is -4.52. The highest BCUT2D eigenvalue weighted by atomic mass is 19.4. The van der Waals surface area contributed by atoms with E-state index in [2.05, 4.69) is 0 Å². The number of alkyl halides is 3. The molecule has 0 amide bonds. The molecule has 0 aliphatic rings. The maximum absolute atomic E-state index is 12.4. The third-order valence-electron chi connectivity index (χ3n) is 2.46. The summed E-state index contributed by atoms with van der Waals surface area (Å²) in [4.78, 5) is 11.3. The van der Waals surface area contributed by atoms with E-state index in [9.17, 15) is 23.1 Å². The van der Waals surface area contributed by atoms with E-state index in [1.807, 2.05) is 0 Å². The molecular weight excluding hydrogens is 279 g/mol. The number of hydrogen-bond donors (Lipinski definition) is 2. The van der Waals surface area contributed by atoms with Gasteiger partial charge in [0.25, 0.3) is 0 Å². The van der Waals surface area contributed by atoms with Crippen LogP contribution in [-0.2, 0) is 11.3 Å². The number of ether oxygens (including phenoxy) is 1. The van der Waals surface area contributed by atoms with Crippen LogP contribution in [0.1, 0.15) is 5.56 Å². The Balaban J connectivity index is 2.91. The number of aromatic hydroxyl groups is 1. The standard InChI is InChI=1S/C12H14F3NO4/c1-20-9-4-2-3-8(11(9)19)5-16(6-10(17)18)7-12(13,14)15/h2-4,19H,5-7H2,1H3,(H,17,18). The van der Waals surface area contributed by atoms with Gasteiger partial charge in [-0.2, -0.15) is 13.2 Å². The van der Waals surface area contributed by atoms with Gasteiger partial charge in [0.05, 0.1) is 20.2 Å². The summed E-state index contributed by atoms with van der Waals surface area (Å²) in [5, 5.41) is 18.4. The maximum atomic E-state index is 12.4. The van der Waals surface area contributed by atoms with Crippen LogP contribution in [0.15, 0.2) is 18.2 Å². The Bertz CT molecular complexity index is 476. The molecule has 0 bridgehead atoms. The second kappa shape index (κ2) is 6.47. The lowest BCUT2D eigenvalue weighted by atomic mass is 10.1. The van der Waals surface area contributed by atoms with Crippen molar-refractivity contribution in [3.63, 3.8) is 0 Å². The molecule has 0 saturated carbocycles. The zero-order valence-electron chi connectivity index (χ0n) is 10.6. The van der Waals surface area contributed by atoms with E-state index in [0.717, 1.165) is 0 Å². The maximum Gasteiger partial charge on any atom is 0.401 e. The van der Waals surface area contributed by atoms with Gasteiger partial charge in [0.1, 0.15) is 0 Å². The van der Waals surface area contributed by atoms with Gasteiger partial charge in [0.2, 0.25) is 0 Å². The molecule has 0 radical (unpaired) electrons. The summed E-state index contributed by atoms with van der Waals surface area (Å²) >= 11 is 0. The highest BCUT2D eigenvalue weighted by molar-refractivity contribution is 5.69.